The normalized spacial score (nSPS) is 12.7. The fourth-order valence-electron chi connectivity index (χ4n) is 1.63. The lowest BCUT2D eigenvalue weighted by Crippen LogP contribution is -2.31. The summed E-state index contributed by atoms with van der Waals surface area (Å²) in [4.78, 5) is 0.0584. The molecular weight excluding hydrogens is 278 g/mol. The number of nitrogens with two attached hydrogens (primary N) is 1. The van der Waals surface area contributed by atoms with Crippen molar-refractivity contribution in [2.24, 2.45) is 5.14 Å². The lowest BCUT2D eigenvalue weighted by Gasteiger charge is -2.13. The molecule has 1 atom stereocenters. The third-order valence-corrected chi connectivity index (χ3v) is 3.72. The summed E-state index contributed by atoms with van der Waals surface area (Å²) in [5.41, 5.74) is 0. The average molecular weight is 297 g/mol. The summed E-state index contributed by atoms with van der Waals surface area (Å²) < 4.78 is 27.6. The molecule has 6 nitrogen and oxygen atoms in total. The van der Waals surface area contributed by atoms with Gasteiger partial charge in [0.25, 0.3) is 0 Å². The van der Waals surface area contributed by atoms with Gasteiger partial charge in [0.05, 0.1) is 17.4 Å². The highest BCUT2D eigenvalue weighted by Crippen LogP contribution is 2.14. The van der Waals surface area contributed by atoms with Crippen LogP contribution in [0.5, 0.6) is 5.75 Å². The summed E-state index contributed by atoms with van der Waals surface area (Å²) in [6.45, 7) is 3.08. The Morgan fingerprint density at radius 3 is 2.55 bits per heavy atom. The lowest BCUT2D eigenvalue weighted by molar-refractivity contribution is 0.304. The Hall–Kier alpha value is -1.62. The minimum atomic E-state index is -3.66. The van der Waals surface area contributed by atoms with Crippen LogP contribution < -0.4 is 15.2 Å². The molecule has 0 spiro atoms. The first-order chi connectivity index (χ1) is 9.47. The number of benzene rings is 1. The minimum absolute atomic E-state index is 0.0584. The van der Waals surface area contributed by atoms with Gasteiger partial charge in [0, 0.05) is 12.6 Å². The largest absolute Gasteiger partial charge is 0.492 e. The number of nitrogens with zero attached hydrogens (tertiary/aromatic N) is 1. The first-order valence-electron chi connectivity index (χ1n) is 6.33. The molecule has 1 aromatic carbocycles. The minimum Gasteiger partial charge on any atom is -0.492 e. The monoisotopic (exact) mass is 297 g/mol. The van der Waals surface area contributed by atoms with Crippen molar-refractivity contribution in [1.29, 1.82) is 5.26 Å². The van der Waals surface area contributed by atoms with Crippen molar-refractivity contribution in [3.8, 4) is 11.8 Å². The SMILES string of the molecule is CCC(CC#N)NCCOc1ccc(S(N)(=O)=O)cc1. The maximum Gasteiger partial charge on any atom is 0.238 e. The molecule has 1 aromatic rings. The second kappa shape index (κ2) is 7.85. The van der Waals surface area contributed by atoms with Crippen LogP contribution in [0.25, 0.3) is 0 Å². The van der Waals surface area contributed by atoms with Crippen LogP contribution in [0.4, 0.5) is 0 Å². The van der Waals surface area contributed by atoms with Crippen LogP contribution in [0.2, 0.25) is 0 Å². The Morgan fingerprint density at radius 2 is 2.05 bits per heavy atom. The highest BCUT2D eigenvalue weighted by atomic mass is 32.2. The smallest absolute Gasteiger partial charge is 0.238 e. The molecule has 0 aliphatic rings. The van der Waals surface area contributed by atoms with E-state index in [9.17, 15) is 8.42 Å². The van der Waals surface area contributed by atoms with Crippen LogP contribution in [0, 0.1) is 11.3 Å². The zero-order chi connectivity index (χ0) is 15.0. The van der Waals surface area contributed by atoms with Crippen molar-refractivity contribution in [3.05, 3.63) is 24.3 Å². The third-order valence-electron chi connectivity index (χ3n) is 2.79. The number of rotatable bonds is 8. The van der Waals surface area contributed by atoms with E-state index < -0.39 is 10.0 Å². The molecule has 0 heterocycles. The van der Waals surface area contributed by atoms with Gasteiger partial charge < -0.3 is 10.1 Å². The predicted octanol–water partition coefficient (Wildman–Crippen LogP) is 0.995. The van der Waals surface area contributed by atoms with Gasteiger partial charge in [-0.2, -0.15) is 5.26 Å². The number of nitriles is 1. The summed E-state index contributed by atoms with van der Waals surface area (Å²) in [5, 5.41) is 16.8. The van der Waals surface area contributed by atoms with Crippen LogP contribution in [0.3, 0.4) is 0 Å². The van der Waals surface area contributed by atoms with Gasteiger partial charge in [-0.1, -0.05) is 6.92 Å². The first kappa shape index (κ1) is 16.4. The first-order valence-corrected chi connectivity index (χ1v) is 7.88. The van der Waals surface area contributed by atoms with Gasteiger partial charge in [0.1, 0.15) is 12.4 Å². The van der Waals surface area contributed by atoms with Crippen LogP contribution in [0.15, 0.2) is 29.2 Å². The molecule has 0 aromatic heterocycles. The summed E-state index contributed by atoms with van der Waals surface area (Å²) in [7, 11) is -3.66. The molecule has 20 heavy (non-hydrogen) atoms. The highest BCUT2D eigenvalue weighted by molar-refractivity contribution is 7.89. The van der Waals surface area contributed by atoms with E-state index in [-0.39, 0.29) is 10.9 Å². The van der Waals surface area contributed by atoms with Crippen LogP contribution in [-0.2, 0) is 10.0 Å². The quantitative estimate of drug-likeness (QED) is 0.696. The van der Waals surface area contributed by atoms with Gasteiger partial charge in [-0.3, -0.25) is 0 Å². The number of hydrogen-bond donors (Lipinski definition) is 2. The predicted molar refractivity (Wildman–Crippen MR) is 75.6 cm³/mol. The molecule has 0 bridgehead atoms. The fourth-order valence-corrected chi connectivity index (χ4v) is 2.14. The third kappa shape index (κ3) is 5.57. The molecule has 1 unspecified atom stereocenters. The number of primary sulfonamides is 1. The topological polar surface area (TPSA) is 105 Å². The van der Waals surface area contributed by atoms with Gasteiger partial charge in [-0.15, -0.1) is 0 Å². The van der Waals surface area contributed by atoms with E-state index in [4.69, 9.17) is 15.1 Å². The van der Waals surface area contributed by atoms with E-state index in [0.29, 0.717) is 25.3 Å². The van der Waals surface area contributed by atoms with Gasteiger partial charge in [-0.05, 0) is 30.7 Å². The molecule has 0 amide bonds. The van der Waals surface area contributed by atoms with Gasteiger partial charge in [0.2, 0.25) is 10.0 Å². The van der Waals surface area contributed by atoms with E-state index in [2.05, 4.69) is 11.4 Å². The number of ether oxygens (including phenoxy) is 1. The van der Waals surface area contributed by atoms with Crippen LogP contribution >= 0.6 is 0 Å². The average Bonchev–Trinajstić information content (AvgIpc) is 2.42. The van der Waals surface area contributed by atoms with Crippen molar-refractivity contribution in [2.45, 2.75) is 30.7 Å². The van der Waals surface area contributed by atoms with Crippen molar-refractivity contribution in [2.75, 3.05) is 13.2 Å². The van der Waals surface area contributed by atoms with Crippen molar-refractivity contribution in [1.82, 2.24) is 5.32 Å². The van der Waals surface area contributed by atoms with E-state index in [1.165, 1.54) is 12.1 Å². The Bertz CT molecular complexity index is 549. The molecule has 7 heteroatoms. The molecular formula is C13H19N3O3S. The molecule has 110 valence electrons. The van der Waals surface area contributed by atoms with Crippen molar-refractivity contribution in [3.63, 3.8) is 0 Å². The summed E-state index contributed by atoms with van der Waals surface area (Å²) in [5.74, 6) is 0.576. The van der Waals surface area contributed by atoms with E-state index in [1.807, 2.05) is 6.92 Å². The molecule has 0 radical (unpaired) electrons. The molecule has 0 saturated carbocycles. The van der Waals surface area contributed by atoms with Crippen LogP contribution in [-0.4, -0.2) is 27.6 Å². The van der Waals surface area contributed by atoms with Crippen molar-refractivity contribution < 1.29 is 13.2 Å². The van der Waals surface area contributed by atoms with E-state index >= 15 is 0 Å². The summed E-state index contributed by atoms with van der Waals surface area (Å²) >= 11 is 0. The number of sulfonamides is 1. The second-order valence-electron chi connectivity index (χ2n) is 4.29. The molecule has 0 saturated heterocycles. The second-order valence-corrected chi connectivity index (χ2v) is 5.85. The summed E-state index contributed by atoms with van der Waals surface area (Å²) in [6, 6.07) is 8.23. The Labute approximate surface area is 119 Å². The van der Waals surface area contributed by atoms with Crippen molar-refractivity contribution >= 4 is 10.0 Å². The van der Waals surface area contributed by atoms with E-state index in [1.54, 1.807) is 12.1 Å². The Balaban J connectivity index is 2.38. The van der Waals surface area contributed by atoms with Gasteiger partial charge in [-0.25, -0.2) is 13.6 Å². The maximum atomic E-state index is 11.1. The standard InChI is InChI=1S/C13H19N3O3S/c1-2-11(7-8-14)16-9-10-19-12-3-5-13(6-4-12)20(15,17)18/h3-6,11,16H,2,7,9-10H2,1H3,(H2,15,17,18). The van der Waals surface area contributed by atoms with Gasteiger partial charge >= 0.3 is 0 Å². The summed E-state index contributed by atoms with van der Waals surface area (Å²) in [6.07, 6.45) is 1.36. The zero-order valence-corrected chi connectivity index (χ0v) is 12.2. The zero-order valence-electron chi connectivity index (χ0n) is 11.4. The van der Waals surface area contributed by atoms with Gasteiger partial charge in [0.15, 0.2) is 0 Å². The molecule has 3 N–H and O–H groups in total. The number of hydrogen-bond acceptors (Lipinski definition) is 5. The molecule has 0 aliphatic carbocycles. The fraction of sp³-hybridized carbons (Fsp3) is 0.462. The number of nitrogens with one attached hydrogen (secondary N) is 1. The highest BCUT2D eigenvalue weighted by Gasteiger charge is 2.07. The Morgan fingerprint density at radius 1 is 1.40 bits per heavy atom. The lowest BCUT2D eigenvalue weighted by atomic mass is 10.2. The van der Waals surface area contributed by atoms with Crippen LogP contribution in [0.1, 0.15) is 19.8 Å². The Kier molecular flexibility index (Phi) is 6.45. The molecule has 0 fully saturated rings. The van der Waals surface area contributed by atoms with E-state index in [0.717, 1.165) is 6.42 Å². The molecule has 1 rings (SSSR count). The maximum absolute atomic E-state index is 11.1. The molecule has 0 aliphatic heterocycles.